The molecule has 3 nitrogen and oxygen atoms in total. The average Bonchev–Trinajstić information content (AvgIpc) is 3.00. The Hall–Kier alpha value is -1.82. The van der Waals surface area contributed by atoms with Crippen LogP contribution < -0.4 is 0 Å². The van der Waals surface area contributed by atoms with Crippen molar-refractivity contribution in [2.24, 2.45) is 17.3 Å². The van der Waals surface area contributed by atoms with Crippen molar-refractivity contribution in [1.29, 1.82) is 0 Å². The fraction of sp³-hybridized carbons (Fsp3) is 0.609. The molecule has 1 aromatic carbocycles. The van der Waals surface area contributed by atoms with Crippen molar-refractivity contribution in [3.8, 4) is 0 Å². The average molecular weight is 406 g/mol. The van der Waals surface area contributed by atoms with Crippen molar-refractivity contribution in [2.75, 3.05) is 19.6 Å². The Morgan fingerprint density at radius 1 is 1.21 bits per heavy atom. The third-order valence-corrected chi connectivity index (χ3v) is 7.24. The van der Waals surface area contributed by atoms with E-state index >= 15 is 0 Å². The summed E-state index contributed by atoms with van der Waals surface area (Å²) in [6.45, 7) is 8.54. The van der Waals surface area contributed by atoms with Crippen LogP contribution >= 0.6 is 0 Å². The second-order valence-electron chi connectivity index (χ2n) is 9.55. The molecule has 0 spiro atoms. The number of carbonyl (C=O) groups excluding carboxylic acids is 1. The number of hydrogen-bond acceptors (Lipinski definition) is 2. The number of H-pyrrole nitrogens is 1. The molecule has 2 aliphatic rings. The Bertz CT molecular complexity index is 928. The van der Waals surface area contributed by atoms with E-state index in [0.29, 0.717) is 11.8 Å². The number of nitrogens with zero attached hydrogens (tertiary/aromatic N) is 1. The molecular formula is C23H29F3N2O. The number of likely N-dealkylation sites (tertiary alicyclic amines) is 1. The van der Waals surface area contributed by atoms with Crippen LogP contribution in [0, 0.1) is 17.3 Å². The molecular weight excluding hydrogens is 377 g/mol. The molecule has 29 heavy (non-hydrogen) atoms. The van der Waals surface area contributed by atoms with Crippen molar-refractivity contribution >= 4 is 16.7 Å². The third kappa shape index (κ3) is 3.96. The van der Waals surface area contributed by atoms with Crippen LogP contribution in [0.3, 0.4) is 0 Å². The minimum Gasteiger partial charge on any atom is -0.358 e. The van der Waals surface area contributed by atoms with E-state index in [1.54, 1.807) is 13.0 Å². The summed E-state index contributed by atoms with van der Waals surface area (Å²) in [6, 6.07) is 4.03. The van der Waals surface area contributed by atoms with Gasteiger partial charge in [0.05, 0.1) is 5.56 Å². The number of alkyl halides is 3. The van der Waals surface area contributed by atoms with Gasteiger partial charge in [-0.2, -0.15) is 13.2 Å². The number of carbonyl (C=O) groups is 1. The lowest BCUT2D eigenvalue weighted by atomic mass is 9.73. The van der Waals surface area contributed by atoms with E-state index in [1.807, 2.05) is 13.8 Å². The number of rotatable bonds is 4. The number of hydrogen-bond donors (Lipinski definition) is 1. The smallest absolute Gasteiger partial charge is 0.358 e. The van der Waals surface area contributed by atoms with Crippen LogP contribution in [0.25, 0.3) is 10.9 Å². The summed E-state index contributed by atoms with van der Waals surface area (Å²) in [4.78, 5) is 17.6. The molecule has 4 rings (SSSR count). The molecule has 6 heteroatoms. The molecule has 1 fully saturated rings. The molecule has 2 atom stereocenters. The van der Waals surface area contributed by atoms with Crippen molar-refractivity contribution in [2.45, 2.75) is 52.6 Å². The molecule has 158 valence electrons. The zero-order valence-electron chi connectivity index (χ0n) is 17.3. The van der Waals surface area contributed by atoms with Crippen LogP contribution in [0.4, 0.5) is 13.2 Å². The van der Waals surface area contributed by atoms with E-state index in [9.17, 15) is 18.0 Å². The maximum atomic E-state index is 13.2. The van der Waals surface area contributed by atoms with Gasteiger partial charge in [-0.3, -0.25) is 4.79 Å². The number of benzene rings is 1. The van der Waals surface area contributed by atoms with Gasteiger partial charge in [0, 0.05) is 28.6 Å². The van der Waals surface area contributed by atoms with Crippen LogP contribution in [0.2, 0.25) is 0 Å². The Balaban J connectivity index is 1.52. The Morgan fingerprint density at radius 2 is 1.97 bits per heavy atom. The van der Waals surface area contributed by atoms with Gasteiger partial charge in [0.2, 0.25) is 0 Å². The standard InChI is InChI=1S/C23H29F3N2O/c1-14(29)22(2,3)7-9-28-8-6-15-11-21-18(10-16(15)13-28)19-12-17(23(24,25)26)4-5-20(19)27-21/h4-5,12,15-16,27H,6-11,13H2,1-3H3/t15-,16+/m1/s1. The zero-order valence-corrected chi connectivity index (χ0v) is 17.3. The van der Waals surface area contributed by atoms with Gasteiger partial charge in [0.25, 0.3) is 0 Å². The normalized spacial score (nSPS) is 23.1. The quantitative estimate of drug-likeness (QED) is 0.755. The van der Waals surface area contributed by atoms with Crippen LogP contribution in [-0.4, -0.2) is 35.3 Å². The highest BCUT2D eigenvalue weighted by Crippen LogP contribution is 2.40. The topological polar surface area (TPSA) is 36.1 Å². The van der Waals surface area contributed by atoms with Crippen LogP contribution in [0.1, 0.15) is 50.4 Å². The molecule has 2 aromatic rings. The first kappa shape index (κ1) is 20.5. The fourth-order valence-electron chi connectivity index (χ4n) is 4.88. The minimum absolute atomic E-state index is 0.217. The van der Waals surface area contributed by atoms with Crippen molar-refractivity contribution in [1.82, 2.24) is 9.88 Å². The number of nitrogens with one attached hydrogen (secondary N) is 1. The third-order valence-electron chi connectivity index (χ3n) is 7.24. The van der Waals surface area contributed by atoms with Crippen molar-refractivity contribution < 1.29 is 18.0 Å². The summed E-state index contributed by atoms with van der Waals surface area (Å²) in [5.74, 6) is 1.26. The largest absolute Gasteiger partial charge is 0.416 e. The van der Waals surface area contributed by atoms with Crippen LogP contribution in [0.5, 0.6) is 0 Å². The monoisotopic (exact) mass is 406 g/mol. The van der Waals surface area contributed by atoms with Gasteiger partial charge in [-0.05, 0) is 81.3 Å². The highest BCUT2D eigenvalue weighted by atomic mass is 19.4. The first-order valence-electron chi connectivity index (χ1n) is 10.5. The summed E-state index contributed by atoms with van der Waals surface area (Å²) in [7, 11) is 0. The fourth-order valence-corrected chi connectivity index (χ4v) is 4.88. The molecule has 1 aliphatic carbocycles. The maximum absolute atomic E-state index is 13.2. The molecule has 1 N–H and O–H groups in total. The first-order valence-corrected chi connectivity index (χ1v) is 10.5. The number of halogens is 3. The summed E-state index contributed by atoms with van der Waals surface area (Å²) in [6.07, 6.45) is -0.627. The predicted molar refractivity (Wildman–Crippen MR) is 108 cm³/mol. The molecule has 0 radical (unpaired) electrons. The van der Waals surface area contributed by atoms with Crippen molar-refractivity contribution in [3.63, 3.8) is 0 Å². The Kier molecular flexibility index (Phi) is 5.04. The lowest BCUT2D eigenvalue weighted by molar-refractivity contribution is -0.137. The van der Waals surface area contributed by atoms with Gasteiger partial charge in [-0.15, -0.1) is 0 Å². The summed E-state index contributed by atoms with van der Waals surface area (Å²) >= 11 is 0. The van der Waals surface area contributed by atoms with Gasteiger partial charge >= 0.3 is 6.18 Å². The van der Waals surface area contributed by atoms with Gasteiger partial charge in [-0.1, -0.05) is 13.8 Å². The molecule has 1 saturated heterocycles. The molecule has 0 saturated carbocycles. The summed E-state index contributed by atoms with van der Waals surface area (Å²) < 4.78 is 39.5. The highest BCUT2D eigenvalue weighted by Gasteiger charge is 2.37. The molecule has 1 aliphatic heterocycles. The van der Waals surface area contributed by atoms with E-state index in [-0.39, 0.29) is 11.2 Å². The number of aromatic nitrogens is 1. The Labute approximate surface area is 169 Å². The second-order valence-corrected chi connectivity index (χ2v) is 9.55. The minimum atomic E-state index is -4.32. The lowest BCUT2D eigenvalue weighted by Gasteiger charge is -2.42. The molecule has 1 aromatic heterocycles. The summed E-state index contributed by atoms with van der Waals surface area (Å²) in [5.41, 5.74) is 2.11. The number of aromatic amines is 1. The molecule has 2 heterocycles. The molecule has 0 amide bonds. The lowest BCUT2D eigenvalue weighted by Crippen LogP contribution is -2.45. The van der Waals surface area contributed by atoms with Gasteiger partial charge in [-0.25, -0.2) is 0 Å². The van der Waals surface area contributed by atoms with E-state index in [4.69, 9.17) is 0 Å². The van der Waals surface area contributed by atoms with Gasteiger partial charge < -0.3 is 9.88 Å². The van der Waals surface area contributed by atoms with E-state index < -0.39 is 11.7 Å². The number of fused-ring (bicyclic) bond motifs is 4. The van der Waals surface area contributed by atoms with Crippen LogP contribution in [-0.2, 0) is 23.8 Å². The van der Waals surface area contributed by atoms with E-state index in [2.05, 4.69) is 9.88 Å². The molecule has 0 bridgehead atoms. The summed E-state index contributed by atoms with van der Waals surface area (Å²) in [5, 5.41) is 0.725. The number of piperidine rings is 1. The predicted octanol–water partition coefficient (Wildman–Crippen LogP) is 5.23. The van der Waals surface area contributed by atoms with Crippen molar-refractivity contribution in [3.05, 3.63) is 35.0 Å². The second kappa shape index (κ2) is 7.15. The number of Topliss-reactive ketones (excluding diaryl/α,β-unsaturated/α-hetero) is 1. The highest BCUT2D eigenvalue weighted by molar-refractivity contribution is 5.86. The molecule has 0 unspecified atom stereocenters. The van der Waals surface area contributed by atoms with Gasteiger partial charge in [0.1, 0.15) is 5.78 Å². The van der Waals surface area contributed by atoms with E-state index in [0.717, 1.165) is 73.5 Å². The number of ketones is 1. The SMILES string of the molecule is CC(=O)C(C)(C)CCN1CC[C@@H]2Cc3[nH]c4ccc(C(F)(F)F)cc4c3C[C@H]2C1. The Morgan fingerprint density at radius 3 is 2.66 bits per heavy atom. The van der Waals surface area contributed by atoms with Crippen LogP contribution in [0.15, 0.2) is 18.2 Å². The zero-order chi connectivity index (χ0) is 21.0. The maximum Gasteiger partial charge on any atom is 0.416 e. The van der Waals surface area contributed by atoms with Gasteiger partial charge in [0.15, 0.2) is 0 Å². The first-order chi connectivity index (χ1) is 13.5. The van der Waals surface area contributed by atoms with E-state index in [1.165, 1.54) is 6.07 Å².